The van der Waals surface area contributed by atoms with Crippen LogP contribution in [0.25, 0.3) is 0 Å². The highest BCUT2D eigenvalue weighted by atomic mass is 16.5. The molecule has 1 aliphatic heterocycles. The van der Waals surface area contributed by atoms with Crippen molar-refractivity contribution < 1.29 is 9.84 Å². The summed E-state index contributed by atoms with van der Waals surface area (Å²) in [6.45, 7) is 2.79. The molecule has 3 nitrogen and oxygen atoms in total. The lowest BCUT2D eigenvalue weighted by molar-refractivity contribution is 0.293. The number of ether oxygens (including phenoxy) is 1. The molecule has 2 N–H and O–H groups in total. The molecule has 0 amide bonds. The highest BCUT2D eigenvalue weighted by Crippen LogP contribution is 2.19. The van der Waals surface area contributed by atoms with E-state index in [0.717, 1.165) is 30.8 Å². The summed E-state index contributed by atoms with van der Waals surface area (Å²) in [7, 11) is 0. The van der Waals surface area contributed by atoms with Crippen molar-refractivity contribution in [3.63, 3.8) is 0 Å². The second-order valence-corrected chi connectivity index (χ2v) is 4.19. The molecule has 1 aromatic carbocycles. The lowest BCUT2D eigenvalue weighted by atomic mass is 10.1. The lowest BCUT2D eigenvalue weighted by Crippen LogP contribution is -2.22. The molecular weight excluding hydrogens is 214 g/mol. The minimum atomic E-state index is 0.160. The van der Waals surface area contributed by atoms with E-state index < -0.39 is 0 Å². The molecule has 1 heterocycles. The molecule has 3 heteroatoms. The summed E-state index contributed by atoms with van der Waals surface area (Å²) in [6, 6.07) is 7.91. The fraction of sp³-hybridized carbons (Fsp3) is 0.429. The number of para-hydroxylation sites is 1. The highest BCUT2D eigenvalue weighted by Gasteiger charge is 2.06. The molecule has 0 spiro atoms. The molecule has 92 valence electrons. The van der Waals surface area contributed by atoms with Crippen LogP contribution in [0.5, 0.6) is 5.75 Å². The van der Waals surface area contributed by atoms with E-state index in [1.807, 2.05) is 24.3 Å². The fourth-order valence-electron chi connectivity index (χ4n) is 1.94. The van der Waals surface area contributed by atoms with Gasteiger partial charge >= 0.3 is 0 Å². The molecule has 0 radical (unpaired) electrons. The number of nitrogens with one attached hydrogen (secondary N) is 1. The van der Waals surface area contributed by atoms with Gasteiger partial charge in [-0.15, -0.1) is 0 Å². The zero-order valence-electron chi connectivity index (χ0n) is 9.98. The van der Waals surface area contributed by atoms with Gasteiger partial charge in [0.05, 0.1) is 0 Å². The number of benzene rings is 1. The molecule has 17 heavy (non-hydrogen) atoms. The first kappa shape index (κ1) is 12.1. The van der Waals surface area contributed by atoms with Gasteiger partial charge in [0.15, 0.2) is 0 Å². The first-order valence-electron chi connectivity index (χ1n) is 6.10. The molecule has 2 rings (SSSR count). The molecular formula is C14H19NO2. The fourth-order valence-corrected chi connectivity index (χ4v) is 1.94. The second-order valence-electron chi connectivity index (χ2n) is 4.19. The van der Waals surface area contributed by atoms with E-state index >= 15 is 0 Å². The Labute approximate surface area is 102 Å². The Morgan fingerprint density at radius 3 is 2.94 bits per heavy atom. The molecule has 1 aliphatic rings. The Kier molecular flexibility index (Phi) is 4.59. The minimum absolute atomic E-state index is 0.160. The van der Waals surface area contributed by atoms with Crippen molar-refractivity contribution in [1.82, 2.24) is 5.32 Å². The Morgan fingerprint density at radius 2 is 2.18 bits per heavy atom. The van der Waals surface area contributed by atoms with Gasteiger partial charge in [-0.3, -0.25) is 0 Å². The average molecular weight is 233 g/mol. The third kappa shape index (κ3) is 3.58. The van der Waals surface area contributed by atoms with Crippen LogP contribution >= 0.6 is 0 Å². The van der Waals surface area contributed by atoms with E-state index in [4.69, 9.17) is 9.84 Å². The Bertz CT molecular complexity index is 388. The predicted molar refractivity (Wildman–Crippen MR) is 68.3 cm³/mol. The summed E-state index contributed by atoms with van der Waals surface area (Å²) in [5.41, 5.74) is 2.42. The van der Waals surface area contributed by atoms with E-state index in [0.29, 0.717) is 13.0 Å². The summed E-state index contributed by atoms with van der Waals surface area (Å²) < 4.78 is 5.82. The number of rotatable bonds is 5. The quantitative estimate of drug-likeness (QED) is 0.758. The van der Waals surface area contributed by atoms with Gasteiger partial charge in [-0.25, -0.2) is 0 Å². The van der Waals surface area contributed by atoms with Crippen molar-refractivity contribution in [2.75, 3.05) is 26.3 Å². The molecule has 0 atom stereocenters. The first-order chi connectivity index (χ1) is 8.40. The van der Waals surface area contributed by atoms with Gasteiger partial charge in [-0.1, -0.05) is 24.3 Å². The van der Waals surface area contributed by atoms with Crippen molar-refractivity contribution in [2.24, 2.45) is 0 Å². The molecule has 0 aromatic heterocycles. The monoisotopic (exact) mass is 233 g/mol. The van der Waals surface area contributed by atoms with Crippen molar-refractivity contribution in [2.45, 2.75) is 12.8 Å². The van der Waals surface area contributed by atoms with Crippen molar-refractivity contribution in [1.29, 1.82) is 0 Å². The van der Waals surface area contributed by atoms with Gasteiger partial charge in [0.25, 0.3) is 0 Å². The van der Waals surface area contributed by atoms with Crippen LogP contribution in [0.1, 0.15) is 12.0 Å². The maximum absolute atomic E-state index is 8.99. The smallest absolute Gasteiger partial charge is 0.123 e. The van der Waals surface area contributed by atoms with Crippen LogP contribution in [0, 0.1) is 0 Å². The lowest BCUT2D eigenvalue weighted by Gasteiger charge is -2.16. The largest absolute Gasteiger partial charge is 0.489 e. The Hall–Kier alpha value is -1.32. The van der Waals surface area contributed by atoms with E-state index in [1.54, 1.807) is 0 Å². The van der Waals surface area contributed by atoms with Crippen LogP contribution in [0.3, 0.4) is 0 Å². The maximum atomic E-state index is 8.99. The van der Waals surface area contributed by atoms with Crippen LogP contribution in [0.15, 0.2) is 35.9 Å². The van der Waals surface area contributed by atoms with Gasteiger partial charge in [-0.05, 0) is 36.6 Å². The number of aliphatic hydroxyl groups is 1. The normalized spacial score (nSPS) is 15.5. The summed E-state index contributed by atoms with van der Waals surface area (Å²) in [4.78, 5) is 0. The molecule has 0 aliphatic carbocycles. The molecule has 0 fully saturated rings. The van der Waals surface area contributed by atoms with Crippen LogP contribution in [0.2, 0.25) is 0 Å². The van der Waals surface area contributed by atoms with Crippen molar-refractivity contribution in [3.8, 4) is 5.75 Å². The Balaban J connectivity index is 1.95. The van der Waals surface area contributed by atoms with E-state index in [-0.39, 0.29) is 6.61 Å². The molecule has 0 saturated carbocycles. The first-order valence-corrected chi connectivity index (χ1v) is 6.10. The van der Waals surface area contributed by atoms with Crippen LogP contribution < -0.4 is 10.1 Å². The van der Waals surface area contributed by atoms with Crippen LogP contribution in [0.4, 0.5) is 0 Å². The van der Waals surface area contributed by atoms with Gasteiger partial charge in [0, 0.05) is 13.2 Å². The molecule has 0 unspecified atom stereocenters. The molecule has 0 saturated heterocycles. The third-order valence-corrected chi connectivity index (χ3v) is 2.92. The van der Waals surface area contributed by atoms with Crippen molar-refractivity contribution >= 4 is 0 Å². The predicted octanol–water partition coefficient (Wildman–Crippen LogP) is 1.52. The maximum Gasteiger partial charge on any atom is 0.123 e. The van der Waals surface area contributed by atoms with Crippen LogP contribution in [-0.4, -0.2) is 31.4 Å². The van der Waals surface area contributed by atoms with Gasteiger partial charge in [0.1, 0.15) is 12.4 Å². The topological polar surface area (TPSA) is 41.5 Å². The molecule has 1 aromatic rings. The standard InChI is InChI=1S/C14H19NO2/c16-10-7-13-3-1-2-4-14(13)17-11-12-5-8-15-9-6-12/h1-5,15-16H,6-11H2. The number of aliphatic hydroxyl groups excluding tert-OH is 1. The number of hydrogen-bond acceptors (Lipinski definition) is 3. The summed E-state index contributed by atoms with van der Waals surface area (Å²) in [5, 5.41) is 12.3. The van der Waals surface area contributed by atoms with E-state index in [9.17, 15) is 0 Å². The number of hydrogen-bond donors (Lipinski definition) is 2. The van der Waals surface area contributed by atoms with E-state index in [2.05, 4.69) is 11.4 Å². The zero-order chi connectivity index (χ0) is 11.9. The van der Waals surface area contributed by atoms with Gasteiger partial charge < -0.3 is 15.2 Å². The van der Waals surface area contributed by atoms with Crippen LogP contribution in [-0.2, 0) is 6.42 Å². The van der Waals surface area contributed by atoms with Crippen molar-refractivity contribution in [3.05, 3.63) is 41.5 Å². The average Bonchev–Trinajstić information content (AvgIpc) is 2.39. The van der Waals surface area contributed by atoms with Gasteiger partial charge in [-0.2, -0.15) is 0 Å². The summed E-state index contributed by atoms with van der Waals surface area (Å²) in [6.07, 6.45) is 3.90. The summed E-state index contributed by atoms with van der Waals surface area (Å²) in [5.74, 6) is 0.890. The SMILES string of the molecule is OCCc1ccccc1OCC1=CCNCC1. The summed E-state index contributed by atoms with van der Waals surface area (Å²) >= 11 is 0. The highest BCUT2D eigenvalue weighted by molar-refractivity contribution is 5.33. The minimum Gasteiger partial charge on any atom is -0.489 e. The Morgan fingerprint density at radius 1 is 1.29 bits per heavy atom. The zero-order valence-corrected chi connectivity index (χ0v) is 9.98. The van der Waals surface area contributed by atoms with Gasteiger partial charge in [0.2, 0.25) is 0 Å². The second kappa shape index (κ2) is 6.42. The third-order valence-electron chi connectivity index (χ3n) is 2.92. The molecule has 0 bridgehead atoms. The van der Waals surface area contributed by atoms with E-state index in [1.165, 1.54) is 5.57 Å².